The summed E-state index contributed by atoms with van der Waals surface area (Å²) in [5, 5.41) is 10.4. The van der Waals surface area contributed by atoms with E-state index in [1.54, 1.807) is 0 Å². The van der Waals surface area contributed by atoms with Gasteiger partial charge >= 0.3 is 5.97 Å². The normalized spacial score (nSPS) is 21.0. The van der Waals surface area contributed by atoms with Crippen molar-refractivity contribution in [2.24, 2.45) is 0 Å². The Labute approximate surface area is 130 Å². The largest absolute Gasteiger partial charge is 0.481 e. The molecule has 4 nitrogen and oxygen atoms in total. The van der Waals surface area contributed by atoms with Gasteiger partial charge in [-0.2, -0.15) is 0 Å². The highest BCUT2D eigenvalue weighted by molar-refractivity contribution is 5.85. The molecule has 3 rings (SSSR count). The second-order valence-corrected chi connectivity index (χ2v) is 6.11. The van der Waals surface area contributed by atoms with Crippen molar-refractivity contribution in [1.82, 2.24) is 4.98 Å². The molecule has 0 saturated carbocycles. The standard InChI is InChI=1S/C18H23NO3/c1-2-3-10-18(11-8-16(20)21)17-14(9-12-22-18)13-6-4-5-7-15(13)19-17/h4-7,19H,2-3,8-12H2,1H3,(H,20,21). The summed E-state index contributed by atoms with van der Waals surface area (Å²) in [4.78, 5) is 14.6. The van der Waals surface area contributed by atoms with Gasteiger partial charge in [-0.25, -0.2) is 0 Å². The van der Waals surface area contributed by atoms with Crippen LogP contribution in [0.2, 0.25) is 0 Å². The van der Waals surface area contributed by atoms with E-state index in [4.69, 9.17) is 9.84 Å². The van der Waals surface area contributed by atoms with E-state index in [9.17, 15) is 4.79 Å². The van der Waals surface area contributed by atoms with Crippen LogP contribution in [-0.4, -0.2) is 22.7 Å². The molecule has 2 N–H and O–H groups in total. The van der Waals surface area contributed by atoms with E-state index in [1.165, 1.54) is 10.9 Å². The molecule has 0 radical (unpaired) electrons. The van der Waals surface area contributed by atoms with Gasteiger partial charge in [0.15, 0.2) is 0 Å². The molecule has 0 spiro atoms. The first-order valence-electron chi connectivity index (χ1n) is 8.12. The maximum atomic E-state index is 11.1. The van der Waals surface area contributed by atoms with Crippen LogP contribution in [0, 0.1) is 0 Å². The maximum Gasteiger partial charge on any atom is 0.303 e. The molecule has 1 aromatic carbocycles. The van der Waals surface area contributed by atoms with Gasteiger partial charge in [-0.3, -0.25) is 4.79 Å². The number of nitrogens with one attached hydrogen (secondary N) is 1. The van der Waals surface area contributed by atoms with Crippen LogP contribution in [0.1, 0.15) is 50.3 Å². The maximum absolute atomic E-state index is 11.1. The minimum atomic E-state index is -0.761. The molecule has 22 heavy (non-hydrogen) atoms. The zero-order valence-electron chi connectivity index (χ0n) is 13.0. The van der Waals surface area contributed by atoms with Gasteiger partial charge in [0.25, 0.3) is 0 Å². The Morgan fingerprint density at radius 1 is 1.36 bits per heavy atom. The number of aromatic amines is 1. The van der Waals surface area contributed by atoms with Gasteiger partial charge in [0.2, 0.25) is 0 Å². The molecule has 118 valence electrons. The van der Waals surface area contributed by atoms with E-state index in [2.05, 4.69) is 30.1 Å². The Morgan fingerprint density at radius 3 is 2.95 bits per heavy atom. The number of H-pyrrole nitrogens is 1. The van der Waals surface area contributed by atoms with Crippen LogP contribution in [0.25, 0.3) is 10.9 Å². The Hall–Kier alpha value is -1.81. The van der Waals surface area contributed by atoms with Gasteiger partial charge < -0.3 is 14.8 Å². The molecule has 1 atom stereocenters. The Morgan fingerprint density at radius 2 is 2.18 bits per heavy atom. The van der Waals surface area contributed by atoms with E-state index in [0.717, 1.165) is 36.9 Å². The number of rotatable bonds is 6. The highest BCUT2D eigenvalue weighted by Gasteiger charge is 2.39. The second kappa shape index (κ2) is 6.13. The molecule has 0 fully saturated rings. The third-order valence-electron chi connectivity index (χ3n) is 4.68. The minimum absolute atomic E-state index is 0.137. The Bertz CT molecular complexity index is 676. The van der Waals surface area contributed by atoms with Crippen LogP contribution in [0.4, 0.5) is 0 Å². The third kappa shape index (κ3) is 2.63. The number of aromatic nitrogens is 1. The molecular formula is C18H23NO3. The molecule has 4 heteroatoms. The van der Waals surface area contributed by atoms with Crippen molar-refractivity contribution in [2.75, 3.05) is 6.61 Å². The quantitative estimate of drug-likeness (QED) is 0.848. The lowest BCUT2D eigenvalue weighted by molar-refractivity contribution is -0.140. The van der Waals surface area contributed by atoms with Crippen LogP contribution in [-0.2, 0) is 21.6 Å². The number of hydrogen-bond acceptors (Lipinski definition) is 2. The monoisotopic (exact) mass is 301 g/mol. The summed E-state index contributed by atoms with van der Waals surface area (Å²) >= 11 is 0. The van der Waals surface area contributed by atoms with Crippen LogP contribution in [0.3, 0.4) is 0 Å². The number of carbonyl (C=O) groups is 1. The van der Waals surface area contributed by atoms with Gasteiger partial charge in [-0.1, -0.05) is 38.0 Å². The lowest BCUT2D eigenvalue weighted by Gasteiger charge is -2.37. The van der Waals surface area contributed by atoms with E-state index in [-0.39, 0.29) is 6.42 Å². The second-order valence-electron chi connectivity index (χ2n) is 6.11. The van der Waals surface area contributed by atoms with Crippen LogP contribution < -0.4 is 0 Å². The van der Waals surface area contributed by atoms with Gasteiger partial charge in [0.05, 0.1) is 12.3 Å². The number of ether oxygens (including phenoxy) is 1. The SMILES string of the molecule is CCCCC1(CCC(=O)O)OCCc2c1[nH]c1ccccc21. The Balaban J connectivity index is 2.05. The van der Waals surface area contributed by atoms with Crippen molar-refractivity contribution in [1.29, 1.82) is 0 Å². The van der Waals surface area contributed by atoms with Crippen molar-refractivity contribution >= 4 is 16.9 Å². The fourth-order valence-corrected chi connectivity index (χ4v) is 3.56. The number of aliphatic carboxylic acids is 1. The van der Waals surface area contributed by atoms with Crippen molar-refractivity contribution in [3.63, 3.8) is 0 Å². The number of para-hydroxylation sites is 1. The number of carboxylic acid groups (broad SMARTS) is 1. The first-order chi connectivity index (χ1) is 10.7. The van der Waals surface area contributed by atoms with E-state index in [1.807, 2.05) is 6.07 Å². The number of benzene rings is 1. The summed E-state index contributed by atoms with van der Waals surface area (Å²) in [5.74, 6) is -0.761. The fourth-order valence-electron chi connectivity index (χ4n) is 3.56. The van der Waals surface area contributed by atoms with Gasteiger partial charge in [-0.15, -0.1) is 0 Å². The summed E-state index contributed by atoms with van der Waals surface area (Å²) in [6, 6.07) is 8.29. The summed E-state index contributed by atoms with van der Waals surface area (Å²) < 4.78 is 6.18. The van der Waals surface area contributed by atoms with Crippen molar-refractivity contribution in [3.05, 3.63) is 35.5 Å². The zero-order valence-corrected chi connectivity index (χ0v) is 13.0. The summed E-state index contributed by atoms with van der Waals surface area (Å²) in [6.07, 6.45) is 4.54. The first kappa shape index (κ1) is 15.1. The molecule has 1 aliphatic heterocycles. The zero-order chi connectivity index (χ0) is 15.6. The van der Waals surface area contributed by atoms with Gasteiger partial charge in [-0.05, 0) is 30.9 Å². The highest BCUT2D eigenvalue weighted by Crippen LogP contribution is 2.43. The first-order valence-corrected chi connectivity index (χ1v) is 8.12. The lowest BCUT2D eigenvalue weighted by Crippen LogP contribution is -2.36. The molecule has 1 unspecified atom stereocenters. The smallest absolute Gasteiger partial charge is 0.303 e. The predicted molar refractivity (Wildman–Crippen MR) is 86.0 cm³/mol. The predicted octanol–water partition coefficient (Wildman–Crippen LogP) is 3.99. The molecule has 0 saturated heterocycles. The van der Waals surface area contributed by atoms with Crippen molar-refractivity contribution in [2.45, 2.75) is 51.0 Å². The van der Waals surface area contributed by atoms with E-state index < -0.39 is 11.6 Å². The minimum Gasteiger partial charge on any atom is -0.481 e. The summed E-state index contributed by atoms with van der Waals surface area (Å²) in [7, 11) is 0. The summed E-state index contributed by atoms with van der Waals surface area (Å²) in [6.45, 7) is 2.82. The van der Waals surface area contributed by atoms with E-state index in [0.29, 0.717) is 13.0 Å². The average molecular weight is 301 g/mol. The fraction of sp³-hybridized carbons (Fsp3) is 0.500. The van der Waals surface area contributed by atoms with Crippen LogP contribution in [0.5, 0.6) is 0 Å². The number of hydrogen-bond donors (Lipinski definition) is 2. The van der Waals surface area contributed by atoms with Crippen molar-refractivity contribution in [3.8, 4) is 0 Å². The topological polar surface area (TPSA) is 62.3 Å². The van der Waals surface area contributed by atoms with Crippen LogP contribution >= 0.6 is 0 Å². The molecule has 0 bridgehead atoms. The number of carboxylic acids is 1. The lowest BCUT2D eigenvalue weighted by atomic mass is 9.83. The highest BCUT2D eigenvalue weighted by atomic mass is 16.5. The molecule has 1 aromatic heterocycles. The van der Waals surface area contributed by atoms with E-state index >= 15 is 0 Å². The number of fused-ring (bicyclic) bond motifs is 3. The molecule has 2 aromatic rings. The molecule has 0 aliphatic carbocycles. The van der Waals surface area contributed by atoms with Crippen molar-refractivity contribution < 1.29 is 14.6 Å². The molecular weight excluding hydrogens is 278 g/mol. The number of unbranched alkanes of at least 4 members (excludes halogenated alkanes) is 1. The van der Waals surface area contributed by atoms with Crippen LogP contribution in [0.15, 0.2) is 24.3 Å². The Kier molecular flexibility index (Phi) is 4.21. The molecule has 2 heterocycles. The molecule has 1 aliphatic rings. The average Bonchev–Trinajstić information content (AvgIpc) is 2.91. The third-order valence-corrected chi connectivity index (χ3v) is 4.68. The van der Waals surface area contributed by atoms with Gasteiger partial charge in [0, 0.05) is 17.3 Å². The van der Waals surface area contributed by atoms with Gasteiger partial charge in [0.1, 0.15) is 5.60 Å². The molecule has 0 amide bonds. The summed E-state index contributed by atoms with van der Waals surface area (Å²) in [5.41, 5.74) is 3.06.